The fourth-order valence-electron chi connectivity index (χ4n) is 3.07. The van der Waals surface area contributed by atoms with E-state index in [1.165, 1.54) is 5.56 Å². The highest BCUT2D eigenvalue weighted by molar-refractivity contribution is 7.90. The summed E-state index contributed by atoms with van der Waals surface area (Å²) in [6.45, 7) is 9.08. The predicted octanol–water partition coefficient (Wildman–Crippen LogP) is 3.55. The molecule has 1 N–H and O–H groups in total. The number of nitrogens with zero attached hydrogens (tertiary/aromatic N) is 1. The minimum absolute atomic E-state index is 0.189. The molecule has 0 aromatic heterocycles. The van der Waals surface area contributed by atoms with Gasteiger partial charge in [-0.3, -0.25) is 0 Å². The van der Waals surface area contributed by atoms with E-state index in [9.17, 15) is 9.35 Å². The van der Waals surface area contributed by atoms with E-state index in [-0.39, 0.29) is 6.09 Å². The van der Waals surface area contributed by atoms with Crippen molar-refractivity contribution in [3.63, 3.8) is 0 Å². The molecule has 26 heavy (non-hydrogen) atoms. The van der Waals surface area contributed by atoms with Gasteiger partial charge in [-0.25, -0.2) is 4.79 Å². The predicted molar refractivity (Wildman–Crippen MR) is 106 cm³/mol. The Labute approximate surface area is 160 Å². The second-order valence-electron chi connectivity index (χ2n) is 7.97. The van der Waals surface area contributed by atoms with Gasteiger partial charge in [-0.1, -0.05) is 12.1 Å². The topological polar surface area (TPSA) is 64.6 Å². The van der Waals surface area contributed by atoms with Crippen LogP contribution in [0.4, 0.5) is 4.79 Å². The summed E-state index contributed by atoms with van der Waals surface area (Å²) < 4.78 is 16.8. The lowest BCUT2D eigenvalue weighted by molar-refractivity contribution is 0.0181. The maximum atomic E-state index is 12.1. The third kappa shape index (κ3) is 7.17. The van der Waals surface area contributed by atoms with Crippen LogP contribution in [0.1, 0.15) is 45.6 Å². The number of piperidine rings is 1. The van der Waals surface area contributed by atoms with Gasteiger partial charge in [0.05, 0.1) is 0 Å². The molecule has 2 rings (SSSR count). The summed E-state index contributed by atoms with van der Waals surface area (Å²) in [5, 5.41) is 3.48. The molecule has 1 amide bonds. The van der Waals surface area contributed by atoms with E-state index in [2.05, 4.69) is 5.32 Å². The third-order valence-electron chi connectivity index (χ3n) is 4.58. The van der Waals surface area contributed by atoms with Gasteiger partial charge in [-0.15, -0.1) is 0 Å². The van der Waals surface area contributed by atoms with Gasteiger partial charge in [0.2, 0.25) is 0 Å². The van der Waals surface area contributed by atoms with Crippen LogP contribution in [0, 0.1) is 5.92 Å². The molecule has 6 heteroatoms. The van der Waals surface area contributed by atoms with E-state index >= 15 is 0 Å². The summed E-state index contributed by atoms with van der Waals surface area (Å²) >= 11 is -0.918. The van der Waals surface area contributed by atoms with Crippen molar-refractivity contribution in [2.45, 2.75) is 57.1 Å². The molecule has 0 radical (unpaired) electrons. The summed E-state index contributed by atoms with van der Waals surface area (Å²) in [6.07, 6.45) is 4.71. The van der Waals surface area contributed by atoms with E-state index in [0.29, 0.717) is 5.92 Å². The first-order chi connectivity index (χ1) is 12.2. The van der Waals surface area contributed by atoms with Gasteiger partial charge < -0.3 is 19.5 Å². The number of likely N-dealkylation sites (tertiary alicyclic amines) is 1. The van der Waals surface area contributed by atoms with Crippen LogP contribution < -0.4 is 5.32 Å². The van der Waals surface area contributed by atoms with Crippen molar-refractivity contribution in [3.8, 4) is 0 Å². The van der Waals surface area contributed by atoms with E-state index < -0.39 is 16.8 Å². The van der Waals surface area contributed by atoms with Crippen LogP contribution in [0.15, 0.2) is 29.2 Å². The number of carbonyl (C=O) groups is 1. The molecule has 5 nitrogen and oxygen atoms in total. The molecular formula is C20H32N2O3S. The number of rotatable bonds is 6. The van der Waals surface area contributed by atoms with E-state index in [4.69, 9.17) is 4.74 Å². The molecule has 1 aliphatic heterocycles. The largest absolute Gasteiger partial charge is 0.612 e. The first-order valence-corrected chi connectivity index (χ1v) is 10.9. The molecule has 1 atom stereocenters. The molecule has 0 spiro atoms. The van der Waals surface area contributed by atoms with Crippen LogP contribution in [0.3, 0.4) is 0 Å². The summed E-state index contributed by atoms with van der Waals surface area (Å²) in [5.74, 6) is 0.658. The number of hydrogen-bond donors (Lipinski definition) is 1. The van der Waals surface area contributed by atoms with Crippen molar-refractivity contribution in [2.75, 3.05) is 25.9 Å². The Morgan fingerprint density at radius 3 is 2.42 bits per heavy atom. The molecule has 0 saturated carbocycles. The number of ether oxygens (including phenoxy) is 1. The second kappa shape index (κ2) is 9.62. The average molecular weight is 381 g/mol. The molecule has 1 unspecified atom stereocenters. The standard InChI is InChI=1S/C20H32N2O3S/c1-20(2,3)25-19(23)22-13-10-16(11-14-22)9-12-21-15-17-5-7-18(8-6-17)26(4)24/h5-8,16,21H,9-15H2,1-4H3. The molecular weight excluding hydrogens is 348 g/mol. The minimum atomic E-state index is -0.918. The molecule has 1 heterocycles. The molecule has 1 aliphatic rings. The van der Waals surface area contributed by atoms with Crippen LogP contribution in [0.25, 0.3) is 0 Å². The van der Waals surface area contributed by atoms with Crippen LogP contribution in [-0.4, -0.2) is 47.0 Å². The monoisotopic (exact) mass is 380 g/mol. The SMILES string of the molecule is C[S+]([O-])c1ccc(CNCCC2CCN(C(=O)OC(C)(C)C)CC2)cc1. The zero-order valence-electron chi connectivity index (χ0n) is 16.4. The van der Waals surface area contributed by atoms with Crippen LogP contribution in [0.5, 0.6) is 0 Å². The Morgan fingerprint density at radius 2 is 1.88 bits per heavy atom. The zero-order chi connectivity index (χ0) is 19.2. The van der Waals surface area contributed by atoms with Gasteiger partial charge in [0.15, 0.2) is 4.90 Å². The molecule has 1 saturated heterocycles. The average Bonchev–Trinajstić information content (AvgIpc) is 2.58. The first-order valence-electron chi connectivity index (χ1n) is 9.35. The van der Waals surface area contributed by atoms with Gasteiger partial charge in [0.1, 0.15) is 11.9 Å². The summed E-state index contributed by atoms with van der Waals surface area (Å²) in [4.78, 5) is 14.8. The molecule has 1 fully saturated rings. The summed E-state index contributed by atoms with van der Waals surface area (Å²) in [5.41, 5.74) is 0.779. The van der Waals surface area contributed by atoms with Crippen molar-refractivity contribution in [2.24, 2.45) is 5.92 Å². The quantitative estimate of drug-likeness (QED) is 0.605. The second-order valence-corrected chi connectivity index (χ2v) is 9.35. The van der Waals surface area contributed by atoms with Crippen molar-refractivity contribution >= 4 is 17.3 Å². The highest BCUT2D eigenvalue weighted by atomic mass is 32.2. The van der Waals surface area contributed by atoms with Gasteiger partial charge in [-0.05, 0) is 81.4 Å². The van der Waals surface area contributed by atoms with Gasteiger partial charge >= 0.3 is 6.09 Å². The van der Waals surface area contributed by atoms with E-state index in [1.807, 2.05) is 49.9 Å². The Morgan fingerprint density at radius 1 is 1.27 bits per heavy atom. The van der Waals surface area contributed by atoms with Crippen molar-refractivity contribution in [3.05, 3.63) is 29.8 Å². The van der Waals surface area contributed by atoms with Crippen molar-refractivity contribution < 1.29 is 14.1 Å². The van der Waals surface area contributed by atoms with Gasteiger partial charge in [-0.2, -0.15) is 0 Å². The van der Waals surface area contributed by atoms with Crippen LogP contribution in [-0.2, 0) is 22.5 Å². The first kappa shape index (κ1) is 21.1. The smallest absolute Gasteiger partial charge is 0.410 e. The summed E-state index contributed by atoms with van der Waals surface area (Å²) in [7, 11) is 0. The Bertz CT molecular complexity index is 561. The third-order valence-corrected chi connectivity index (χ3v) is 5.52. The highest BCUT2D eigenvalue weighted by Gasteiger charge is 2.26. The lowest BCUT2D eigenvalue weighted by Gasteiger charge is -2.33. The van der Waals surface area contributed by atoms with Crippen molar-refractivity contribution in [1.82, 2.24) is 10.2 Å². The Balaban J connectivity index is 1.62. The maximum Gasteiger partial charge on any atom is 0.410 e. The number of benzene rings is 1. The molecule has 1 aromatic carbocycles. The van der Waals surface area contributed by atoms with E-state index in [0.717, 1.165) is 50.3 Å². The number of carbonyl (C=O) groups excluding carboxylic acids is 1. The molecule has 0 aliphatic carbocycles. The van der Waals surface area contributed by atoms with Gasteiger partial charge in [0, 0.05) is 19.6 Å². The summed E-state index contributed by atoms with van der Waals surface area (Å²) in [6, 6.07) is 7.92. The molecule has 0 bridgehead atoms. The fraction of sp³-hybridized carbons (Fsp3) is 0.650. The van der Waals surface area contributed by atoms with Crippen LogP contribution >= 0.6 is 0 Å². The molecule has 1 aromatic rings. The number of nitrogens with one attached hydrogen (secondary N) is 1. The van der Waals surface area contributed by atoms with Crippen molar-refractivity contribution in [1.29, 1.82) is 0 Å². The number of hydrogen-bond acceptors (Lipinski definition) is 4. The minimum Gasteiger partial charge on any atom is -0.612 e. The van der Waals surface area contributed by atoms with Gasteiger partial charge in [0.25, 0.3) is 0 Å². The highest BCUT2D eigenvalue weighted by Crippen LogP contribution is 2.22. The van der Waals surface area contributed by atoms with E-state index in [1.54, 1.807) is 6.26 Å². The Hall–Kier alpha value is -1.24. The lowest BCUT2D eigenvalue weighted by Crippen LogP contribution is -2.42. The lowest BCUT2D eigenvalue weighted by atomic mass is 9.94. The number of amides is 1. The van der Waals surface area contributed by atoms with Crippen LogP contribution in [0.2, 0.25) is 0 Å². The maximum absolute atomic E-state index is 12.1. The molecule has 146 valence electrons. The Kier molecular flexibility index (Phi) is 7.80. The fourth-order valence-corrected chi connectivity index (χ4v) is 3.59. The normalized spacial score (nSPS) is 17.2. The zero-order valence-corrected chi connectivity index (χ0v) is 17.2.